The van der Waals surface area contributed by atoms with E-state index in [1.165, 1.54) is 18.2 Å². The van der Waals surface area contributed by atoms with Crippen LogP contribution in [0.2, 0.25) is 0 Å². The maximum absolute atomic E-state index is 12.4. The van der Waals surface area contributed by atoms with Crippen molar-refractivity contribution in [3.8, 4) is 5.75 Å². The fourth-order valence-corrected chi connectivity index (χ4v) is 3.90. The highest BCUT2D eigenvalue weighted by molar-refractivity contribution is 8.14. The van der Waals surface area contributed by atoms with E-state index in [0.717, 1.165) is 31.1 Å². The highest BCUT2D eigenvalue weighted by Crippen LogP contribution is 2.30. The second-order valence-corrected chi connectivity index (χ2v) is 6.79. The lowest BCUT2D eigenvalue weighted by atomic mass is 10.0. The molecule has 0 saturated heterocycles. The number of carbonyl (C=O) groups is 1. The molecule has 0 N–H and O–H groups in total. The lowest BCUT2D eigenvalue weighted by Crippen LogP contribution is -2.16. The Morgan fingerprint density at radius 1 is 1.23 bits per heavy atom. The molecule has 22 heavy (non-hydrogen) atoms. The van der Waals surface area contributed by atoms with Gasteiger partial charge >= 0.3 is 5.63 Å². The summed E-state index contributed by atoms with van der Waals surface area (Å²) in [5.41, 5.74) is -0.00845. The molecule has 1 aromatic carbocycles. The minimum Gasteiger partial charge on any atom is -0.497 e. The third-order valence-electron chi connectivity index (χ3n) is 3.99. The molecule has 1 aliphatic rings. The van der Waals surface area contributed by atoms with E-state index < -0.39 is 5.63 Å². The Balaban J connectivity index is 1.88. The number of carbonyl (C=O) groups excluding carboxylic acids is 1. The Morgan fingerprint density at radius 2 is 2.00 bits per heavy atom. The molecule has 1 aromatic heterocycles. The van der Waals surface area contributed by atoms with Crippen LogP contribution in [0.4, 0.5) is 0 Å². The van der Waals surface area contributed by atoms with Crippen LogP contribution in [-0.2, 0) is 0 Å². The standard InChI is InChI=1S/C17H18O4S/c1-20-12-8-7-11-9-14(16(18)21-15(11)10-12)17(19)22-13-5-3-2-4-6-13/h7-10,13H,2-6H2,1H3. The van der Waals surface area contributed by atoms with E-state index in [-0.39, 0.29) is 10.7 Å². The highest BCUT2D eigenvalue weighted by atomic mass is 32.2. The Bertz CT molecular complexity index is 744. The molecular weight excluding hydrogens is 300 g/mol. The van der Waals surface area contributed by atoms with Crippen molar-refractivity contribution in [3.63, 3.8) is 0 Å². The predicted molar refractivity (Wildman–Crippen MR) is 87.8 cm³/mol. The van der Waals surface area contributed by atoms with Gasteiger partial charge in [-0.2, -0.15) is 0 Å². The summed E-state index contributed by atoms with van der Waals surface area (Å²) in [7, 11) is 1.55. The Morgan fingerprint density at radius 3 is 2.73 bits per heavy atom. The average Bonchev–Trinajstić information content (AvgIpc) is 2.54. The summed E-state index contributed by atoms with van der Waals surface area (Å²) in [5.74, 6) is 0.617. The van der Waals surface area contributed by atoms with E-state index in [1.807, 2.05) is 0 Å². The van der Waals surface area contributed by atoms with Gasteiger partial charge < -0.3 is 9.15 Å². The topological polar surface area (TPSA) is 56.5 Å². The van der Waals surface area contributed by atoms with Gasteiger partial charge in [-0.3, -0.25) is 4.79 Å². The third-order valence-corrected chi connectivity index (χ3v) is 5.23. The molecule has 5 heteroatoms. The van der Waals surface area contributed by atoms with E-state index in [0.29, 0.717) is 16.6 Å². The number of hydrogen-bond donors (Lipinski definition) is 0. The van der Waals surface area contributed by atoms with Gasteiger partial charge in [0.2, 0.25) is 5.12 Å². The second-order valence-electron chi connectivity index (χ2n) is 5.52. The highest BCUT2D eigenvalue weighted by Gasteiger charge is 2.21. The van der Waals surface area contributed by atoms with Gasteiger partial charge in [0.1, 0.15) is 16.9 Å². The monoisotopic (exact) mass is 318 g/mol. The van der Waals surface area contributed by atoms with Crippen LogP contribution in [0.5, 0.6) is 5.75 Å². The maximum atomic E-state index is 12.4. The van der Waals surface area contributed by atoms with Crippen LogP contribution in [0.1, 0.15) is 42.5 Å². The van der Waals surface area contributed by atoms with Crippen LogP contribution in [0.15, 0.2) is 33.5 Å². The molecule has 0 amide bonds. The van der Waals surface area contributed by atoms with Gasteiger partial charge in [-0.25, -0.2) is 4.79 Å². The van der Waals surface area contributed by atoms with E-state index in [4.69, 9.17) is 9.15 Å². The first-order valence-electron chi connectivity index (χ1n) is 7.50. The number of benzene rings is 1. The van der Waals surface area contributed by atoms with Gasteiger partial charge in [0.15, 0.2) is 0 Å². The molecule has 116 valence electrons. The maximum Gasteiger partial charge on any atom is 0.348 e. The van der Waals surface area contributed by atoms with Crippen LogP contribution >= 0.6 is 11.8 Å². The number of rotatable bonds is 3. The second kappa shape index (κ2) is 6.57. The minimum atomic E-state index is -0.575. The summed E-state index contributed by atoms with van der Waals surface area (Å²) in [5, 5.41) is 0.874. The average molecular weight is 318 g/mol. The molecule has 1 heterocycles. The van der Waals surface area contributed by atoms with E-state index >= 15 is 0 Å². The van der Waals surface area contributed by atoms with Gasteiger partial charge in [0.25, 0.3) is 0 Å². The molecule has 1 saturated carbocycles. The van der Waals surface area contributed by atoms with Crippen molar-refractivity contribution >= 4 is 27.8 Å². The first-order chi connectivity index (χ1) is 10.7. The summed E-state index contributed by atoms with van der Waals surface area (Å²) in [4.78, 5) is 24.5. The zero-order valence-corrected chi connectivity index (χ0v) is 13.3. The Hall–Kier alpha value is -1.75. The van der Waals surface area contributed by atoms with Gasteiger partial charge in [-0.15, -0.1) is 0 Å². The van der Waals surface area contributed by atoms with Crippen LogP contribution < -0.4 is 10.4 Å². The molecule has 0 aliphatic heterocycles. The van der Waals surface area contributed by atoms with Gasteiger partial charge in [-0.05, 0) is 31.0 Å². The molecule has 0 bridgehead atoms. The summed E-state index contributed by atoms with van der Waals surface area (Å²) in [6, 6.07) is 6.85. The van der Waals surface area contributed by atoms with Crippen LogP contribution in [0.3, 0.4) is 0 Å². The quantitative estimate of drug-likeness (QED) is 0.800. The van der Waals surface area contributed by atoms with E-state index in [9.17, 15) is 9.59 Å². The SMILES string of the molecule is COc1ccc2cc(C(=O)SC3CCCCC3)c(=O)oc2c1. The predicted octanol–water partition coefficient (Wildman–Crippen LogP) is 4.01. The number of ether oxygens (including phenoxy) is 1. The normalized spacial score (nSPS) is 15.9. The lowest BCUT2D eigenvalue weighted by molar-refractivity contribution is 0.108. The number of fused-ring (bicyclic) bond motifs is 1. The molecule has 0 spiro atoms. The van der Waals surface area contributed by atoms with Crippen LogP contribution in [0, 0.1) is 0 Å². The van der Waals surface area contributed by atoms with Crippen molar-refractivity contribution in [2.75, 3.05) is 7.11 Å². The van der Waals surface area contributed by atoms with Gasteiger partial charge in [-0.1, -0.05) is 31.0 Å². The van der Waals surface area contributed by atoms with Crippen LogP contribution in [-0.4, -0.2) is 17.5 Å². The fraction of sp³-hybridized carbons (Fsp3) is 0.412. The van der Waals surface area contributed by atoms with Crippen molar-refractivity contribution < 1.29 is 13.9 Å². The van der Waals surface area contributed by atoms with Crippen molar-refractivity contribution in [2.24, 2.45) is 0 Å². The molecule has 0 unspecified atom stereocenters. The first-order valence-corrected chi connectivity index (χ1v) is 8.38. The Kier molecular flexibility index (Phi) is 4.52. The molecule has 1 aliphatic carbocycles. The molecule has 2 aromatic rings. The third kappa shape index (κ3) is 3.19. The Labute approximate surface area is 132 Å². The van der Waals surface area contributed by atoms with Crippen molar-refractivity contribution in [1.29, 1.82) is 0 Å². The number of methoxy groups -OCH3 is 1. The van der Waals surface area contributed by atoms with Crippen molar-refractivity contribution in [3.05, 3.63) is 40.2 Å². The van der Waals surface area contributed by atoms with E-state index in [1.54, 1.807) is 31.4 Å². The van der Waals surface area contributed by atoms with Crippen molar-refractivity contribution in [1.82, 2.24) is 0 Å². The lowest BCUT2D eigenvalue weighted by Gasteiger charge is -2.19. The van der Waals surface area contributed by atoms with Crippen LogP contribution in [0.25, 0.3) is 11.0 Å². The fourth-order valence-electron chi connectivity index (χ4n) is 2.76. The summed E-state index contributed by atoms with van der Waals surface area (Å²) in [6.45, 7) is 0. The zero-order valence-electron chi connectivity index (χ0n) is 12.5. The summed E-state index contributed by atoms with van der Waals surface area (Å²) in [6.07, 6.45) is 5.67. The molecule has 4 nitrogen and oxygen atoms in total. The van der Waals surface area contributed by atoms with Gasteiger partial charge in [0.05, 0.1) is 7.11 Å². The summed E-state index contributed by atoms with van der Waals surface area (Å²) < 4.78 is 10.4. The smallest absolute Gasteiger partial charge is 0.348 e. The zero-order chi connectivity index (χ0) is 15.5. The van der Waals surface area contributed by atoms with Crippen molar-refractivity contribution in [2.45, 2.75) is 37.4 Å². The largest absolute Gasteiger partial charge is 0.497 e. The number of thioether (sulfide) groups is 1. The van der Waals surface area contributed by atoms with E-state index in [2.05, 4.69) is 0 Å². The number of hydrogen-bond acceptors (Lipinski definition) is 5. The molecule has 1 fully saturated rings. The summed E-state index contributed by atoms with van der Waals surface area (Å²) >= 11 is 1.28. The molecule has 0 radical (unpaired) electrons. The molecule has 3 rings (SSSR count). The molecular formula is C17H18O4S. The van der Waals surface area contributed by atoms with Gasteiger partial charge in [0, 0.05) is 16.7 Å². The first kappa shape index (κ1) is 15.2. The molecule has 0 atom stereocenters. The minimum absolute atomic E-state index is 0.133.